The SMILES string of the molecule is COc1ncnc(C2CC2)c1-c1ncc2c(n1)=NC(=O)C(C1=CCN(C)CC1)C=2. The maximum Gasteiger partial charge on any atom is 0.258 e. The van der Waals surface area contributed by atoms with Crippen molar-refractivity contribution in [2.24, 2.45) is 10.9 Å². The molecule has 148 valence electrons. The minimum absolute atomic E-state index is 0.170. The van der Waals surface area contributed by atoms with E-state index in [4.69, 9.17) is 4.74 Å². The summed E-state index contributed by atoms with van der Waals surface area (Å²) in [7, 11) is 3.65. The van der Waals surface area contributed by atoms with Gasteiger partial charge in [-0.2, -0.15) is 4.99 Å². The molecule has 1 atom stereocenters. The van der Waals surface area contributed by atoms with E-state index in [1.165, 1.54) is 6.33 Å². The summed E-state index contributed by atoms with van der Waals surface area (Å²) in [4.78, 5) is 37.1. The predicted octanol–water partition coefficient (Wildman–Crippen LogP) is 0.638. The van der Waals surface area contributed by atoms with E-state index in [0.717, 1.165) is 48.8 Å². The molecule has 0 N–H and O–H groups in total. The summed E-state index contributed by atoms with van der Waals surface area (Å²) < 4.78 is 5.44. The van der Waals surface area contributed by atoms with Gasteiger partial charge in [-0.25, -0.2) is 19.9 Å². The molecule has 1 unspecified atom stereocenters. The maximum atomic E-state index is 12.7. The van der Waals surface area contributed by atoms with E-state index in [-0.39, 0.29) is 11.8 Å². The molecule has 0 radical (unpaired) electrons. The molecule has 5 rings (SSSR count). The second-order valence-electron chi connectivity index (χ2n) is 7.78. The minimum atomic E-state index is -0.317. The number of carbonyl (C=O) groups excluding carboxylic acids is 1. The Morgan fingerprint density at radius 2 is 2.07 bits per heavy atom. The molecule has 0 saturated heterocycles. The molecular formula is C21H22N6O2. The molecule has 2 aromatic rings. The van der Waals surface area contributed by atoms with E-state index in [1.807, 2.05) is 6.08 Å². The number of hydrogen-bond acceptors (Lipinski definition) is 7. The number of likely N-dealkylation sites (N-methyl/N-ethyl adjacent to an activating group) is 1. The van der Waals surface area contributed by atoms with Crippen LogP contribution in [0.3, 0.4) is 0 Å². The topological polar surface area (TPSA) is 93.5 Å². The van der Waals surface area contributed by atoms with Gasteiger partial charge in [0.1, 0.15) is 11.9 Å². The fourth-order valence-corrected chi connectivity index (χ4v) is 3.88. The zero-order chi connectivity index (χ0) is 20.0. The average molecular weight is 390 g/mol. The van der Waals surface area contributed by atoms with Crippen LogP contribution in [0.5, 0.6) is 5.88 Å². The largest absolute Gasteiger partial charge is 0.480 e. The summed E-state index contributed by atoms with van der Waals surface area (Å²) in [5, 5.41) is 0.780. The summed E-state index contributed by atoms with van der Waals surface area (Å²) in [6.07, 6.45) is 10.4. The monoisotopic (exact) mass is 390 g/mol. The van der Waals surface area contributed by atoms with Gasteiger partial charge in [0.05, 0.1) is 18.7 Å². The first-order valence-corrected chi connectivity index (χ1v) is 9.88. The quantitative estimate of drug-likeness (QED) is 0.707. The molecule has 1 fully saturated rings. The minimum Gasteiger partial charge on any atom is -0.480 e. The maximum absolute atomic E-state index is 12.7. The molecule has 0 bridgehead atoms. The number of nitrogens with zero attached hydrogens (tertiary/aromatic N) is 6. The van der Waals surface area contributed by atoms with Gasteiger partial charge >= 0.3 is 0 Å². The Morgan fingerprint density at radius 1 is 1.21 bits per heavy atom. The number of rotatable bonds is 4. The van der Waals surface area contributed by atoms with Crippen LogP contribution in [0.15, 0.2) is 29.2 Å². The lowest BCUT2D eigenvalue weighted by atomic mass is 9.91. The summed E-state index contributed by atoms with van der Waals surface area (Å²) in [6, 6.07) is 0. The van der Waals surface area contributed by atoms with Crippen LogP contribution in [0.4, 0.5) is 0 Å². The fraction of sp³-hybridized carbons (Fsp3) is 0.429. The summed E-state index contributed by atoms with van der Waals surface area (Å²) in [5.74, 6) is 0.790. The van der Waals surface area contributed by atoms with Crippen molar-refractivity contribution in [3.8, 4) is 17.3 Å². The average Bonchev–Trinajstić information content (AvgIpc) is 3.58. The Kier molecular flexibility index (Phi) is 4.43. The molecule has 0 aromatic carbocycles. The van der Waals surface area contributed by atoms with Crippen molar-refractivity contribution < 1.29 is 9.53 Å². The number of aromatic nitrogens is 4. The van der Waals surface area contributed by atoms with Gasteiger partial charge in [0.2, 0.25) is 5.88 Å². The number of ether oxygens (including phenoxy) is 1. The summed E-state index contributed by atoms with van der Waals surface area (Å²) in [5.41, 5.74) is 3.12. The Hall–Kier alpha value is -3.00. The second-order valence-corrected chi connectivity index (χ2v) is 7.78. The lowest BCUT2D eigenvalue weighted by Gasteiger charge is -2.25. The first kappa shape index (κ1) is 18.1. The van der Waals surface area contributed by atoms with Gasteiger partial charge in [0, 0.05) is 30.4 Å². The fourth-order valence-electron chi connectivity index (χ4n) is 3.88. The Bertz CT molecular complexity index is 1140. The number of hydrogen-bond donors (Lipinski definition) is 0. The van der Waals surface area contributed by atoms with Crippen LogP contribution in [0.1, 0.15) is 30.9 Å². The third-order valence-electron chi connectivity index (χ3n) is 5.69. The molecule has 8 heteroatoms. The van der Waals surface area contributed by atoms with E-state index in [2.05, 4.69) is 43.0 Å². The van der Waals surface area contributed by atoms with Gasteiger partial charge in [0.25, 0.3) is 5.91 Å². The van der Waals surface area contributed by atoms with E-state index in [9.17, 15) is 4.79 Å². The van der Waals surface area contributed by atoms with Crippen LogP contribution < -0.4 is 15.4 Å². The van der Waals surface area contributed by atoms with E-state index in [1.54, 1.807) is 13.3 Å². The number of fused-ring (bicyclic) bond motifs is 1. The van der Waals surface area contributed by atoms with Crippen molar-refractivity contribution >= 4 is 12.0 Å². The standard InChI is InChI=1S/C21H22N6O2/c1-27-7-5-12(6-8-27)15-9-14-10-22-19(25-18(14)26-20(15)28)16-17(13-3-4-13)23-11-24-21(16)29-2/h5,9-11,13,15H,3-4,6-8H2,1-2H3. The van der Waals surface area contributed by atoms with Crippen LogP contribution in [-0.4, -0.2) is 58.0 Å². The molecule has 29 heavy (non-hydrogen) atoms. The van der Waals surface area contributed by atoms with Gasteiger partial charge in [0.15, 0.2) is 11.3 Å². The van der Waals surface area contributed by atoms with Crippen LogP contribution in [0.25, 0.3) is 17.5 Å². The first-order valence-electron chi connectivity index (χ1n) is 9.88. The molecule has 1 saturated carbocycles. The molecule has 3 aliphatic rings. The Labute approximate surface area is 168 Å². The molecule has 1 aliphatic carbocycles. The lowest BCUT2D eigenvalue weighted by molar-refractivity contribution is -0.119. The van der Waals surface area contributed by atoms with Crippen LogP contribution in [0, 0.1) is 5.92 Å². The number of amides is 1. The molecular weight excluding hydrogens is 368 g/mol. The van der Waals surface area contributed by atoms with Gasteiger partial charge in [-0.3, -0.25) is 4.79 Å². The lowest BCUT2D eigenvalue weighted by Crippen LogP contribution is -2.38. The van der Waals surface area contributed by atoms with Crippen molar-refractivity contribution in [2.75, 3.05) is 27.2 Å². The highest BCUT2D eigenvalue weighted by molar-refractivity contribution is 5.89. The highest BCUT2D eigenvalue weighted by Crippen LogP contribution is 2.44. The smallest absolute Gasteiger partial charge is 0.258 e. The third kappa shape index (κ3) is 3.33. The van der Waals surface area contributed by atoms with Crippen molar-refractivity contribution in [3.05, 3.63) is 40.6 Å². The van der Waals surface area contributed by atoms with Crippen LogP contribution >= 0.6 is 0 Å². The van der Waals surface area contributed by atoms with Crippen molar-refractivity contribution in [3.63, 3.8) is 0 Å². The van der Waals surface area contributed by atoms with E-state index in [0.29, 0.717) is 28.7 Å². The molecule has 8 nitrogen and oxygen atoms in total. The van der Waals surface area contributed by atoms with E-state index < -0.39 is 0 Å². The molecule has 1 amide bonds. The zero-order valence-electron chi connectivity index (χ0n) is 16.5. The second kappa shape index (κ2) is 7.11. The summed E-state index contributed by atoms with van der Waals surface area (Å²) >= 11 is 0. The molecule has 0 spiro atoms. The third-order valence-corrected chi connectivity index (χ3v) is 5.69. The normalized spacial score (nSPS) is 21.7. The Balaban J connectivity index is 1.58. The molecule has 2 aromatic heterocycles. The highest BCUT2D eigenvalue weighted by Gasteiger charge is 2.31. The van der Waals surface area contributed by atoms with Gasteiger partial charge < -0.3 is 9.64 Å². The first-order chi connectivity index (χ1) is 14.1. The Morgan fingerprint density at radius 3 is 2.79 bits per heavy atom. The van der Waals surface area contributed by atoms with Crippen LogP contribution in [0.2, 0.25) is 0 Å². The van der Waals surface area contributed by atoms with Crippen molar-refractivity contribution in [2.45, 2.75) is 25.2 Å². The highest BCUT2D eigenvalue weighted by atomic mass is 16.5. The van der Waals surface area contributed by atoms with Gasteiger partial charge in [-0.15, -0.1) is 0 Å². The zero-order valence-corrected chi connectivity index (χ0v) is 16.5. The van der Waals surface area contributed by atoms with Crippen molar-refractivity contribution in [1.82, 2.24) is 24.8 Å². The van der Waals surface area contributed by atoms with Crippen molar-refractivity contribution in [1.29, 1.82) is 0 Å². The van der Waals surface area contributed by atoms with Crippen LogP contribution in [-0.2, 0) is 4.79 Å². The van der Waals surface area contributed by atoms with E-state index >= 15 is 0 Å². The summed E-state index contributed by atoms with van der Waals surface area (Å²) in [6.45, 7) is 1.80. The molecule has 4 heterocycles. The molecule has 2 aliphatic heterocycles. The number of carbonyl (C=O) groups is 1. The number of methoxy groups -OCH3 is 1. The van der Waals surface area contributed by atoms with Gasteiger partial charge in [-0.05, 0) is 26.3 Å². The predicted molar refractivity (Wildman–Crippen MR) is 106 cm³/mol. The van der Waals surface area contributed by atoms with Gasteiger partial charge in [-0.1, -0.05) is 17.7 Å².